The third-order valence-corrected chi connectivity index (χ3v) is 3.42. The van der Waals surface area contributed by atoms with Gasteiger partial charge in [-0.2, -0.15) is 15.4 Å². The SMILES string of the molecule is c1ccc(-c2n[nH]nc2CNCC2CCOC2)cc1. The van der Waals surface area contributed by atoms with Crippen molar-refractivity contribution in [3.63, 3.8) is 0 Å². The standard InChI is InChI=1S/C14H18N4O/c1-2-4-12(5-3-1)14-13(16-18-17-14)9-15-8-11-6-7-19-10-11/h1-5,11,15H,6-10H2,(H,16,17,18). The first-order valence-electron chi connectivity index (χ1n) is 6.67. The van der Waals surface area contributed by atoms with E-state index in [0.29, 0.717) is 5.92 Å². The average Bonchev–Trinajstić information content (AvgIpc) is 3.11. The molecule has 0 aliphatic carbocycles. The molecule has 2 N–H and O–H groups in total. The maximum Gasteiger partial charge on any atom is 0.117 e. The van der Waals surface area contributed by atoms with E-state index in [2.05, 4.69) is 20.7 Å². The number of aromatic nitrogens is 3. The van der Waals surface area contributed by atoms with Crippen LogP contribution in [0.2, 0.25) is 0 Å². The minimum atomic E-state index is 0.632. The van der Waals surface area contributed by atoms with E-state index in [4.69, 9.17) is 4.74 Å². The van der Waals surface area contributed by atoms with Crippen LogP contribution in [0.3, 0.4) is 0 Å². The molecule has 0 spiro atoms. The van der Waals surface area contributed by atoms with Crippen LogP contribution in [-0.4, -0.2) is 35.2 Å². The predicted molar refractivity (Wildman–Crippen MR) is 72.5 cm³/mol. The lowest BCUT2D eigenvalue weighted by atomic mass is 10.1. The van der Waals surface area contributed by atoms with Crippen LogP contribution in [0.4, 0.5) is 0 Å². The van der Waals surface area contributed by atoms with Crippen molar-refractivity contribution in [1.29, 1.82) is 0 Å². The minimum Gasteiger partial charge on any atom is -0.381 e. The van der Waals surface area contributed by atoms with Crippen LogP contribution in [0.15, 0.2) is 30.3 Å². The van der Waals surface area contributed by atoms with E-state index < -0.39 is 0 Å². The first-order valence-corrected chi connectivity index (χ1v) is 6.67. The summed E-state index contributed by atoms with van der Waals surface area (Å²) in [5, 5.41) is 14.6. The van der Waals surface area contributed by atoms with Gasteiger partial charge in [0.1, 0.15) is 11.4 Å². The van der Waals surface area contributed by atoms with Crippen LogP contribution in [0.5, 0.6) is 0 Å². The highest BCUT2D eigenvalue weighted by Crippen LogP contribution is 2.19. The number of rotatable bonds is 5. The van der Waals surface area contributed by atoms with Gasteiger partial charge in [0.15, 0.2) is 0 Å². The molecular formula is C14H18N4O. The molecule has 5 heteroatoms. The monoisotopic (exact) mass is 258 g/mol. The molecule has 0 amide bonds. The van der Waals surface area contributed by atoms with Crippen LogP contribution in [0.25, 0.3) is 11.3 Å². The van der Waals surface area contributed by atoms with Gasteiger partial charge in [-0.25, -0.2) is 0 Å². The van der Waals surface area contributed by atoms with Gasteiger partial charge in [-0.15, -0.1) is 0 Å². The zero-order valence-electron chi connectivity index (χ0n) is 10.8. The summed E-state index contributed by atoms with van der Waals surface area (Å²) in [6.45, 7) is 3.47. The van der Waals surface area contributed by atoms with Crippen molar-refractivity contribution in [3.05, 3.63) is 36.0 Å². The molecule has 1 unspecified atom stereocenters. The molecule has 1 fully saturated rings. The number of hydrogen-bond donors (Lipinski definition) is 2. The highest BCUT2D eigenvalue weighted by Gasteiger charge is 2.16. The Hall–Kier alpha value is -1.72. The first kappa shape index (κ1) is 12.3. The van der Waals surface area contributed by atoms with Gasteiger partial charge in [0.2, 0.25) is 0 Å². The van der Waals surface area contributed by atoms with Crippen molar-refractivity contribution in [3.8, 4) is 11.3 Å². The Bertz CT molecular complexity index is 505. The number of hydrogen-bond acceptors (Lipinski definition) is 4. The summed E-state index contributed by atoms with van der Waals surface area (Å²) in [5.41, 5.74) is 2.98. The summed E-state index contributed by atoms with van der Waals surface area (Å²) in [4.78, 5) is 0. The van der Waals surface area contributed by atoms with Gasteiger partial charge in [-0.1, -0.05) is 30.3 Å². The van der Waals surface area contributed by atoms with Crippen LogP contribution in [0.1, 0.15) is 12.1 Å². The number of nitrogens with zero attached hydrogens (tertiary/aromatic N) is 2. The Morgan fingerprint density at radius 1 is 1.26 bits per heavy atom. The lowest BCUT2D eigenvalue weighted by molar-refractivity contribution is 0.185. The van der Waals surface area contributed by atoms with Gasteiger partial charge in [0.25, 0.3) is 0 Å². The molecule has 1 aromatic heterocycles. The molecule has 1 aliphatic heterocycles. The molecule has 19 heavy (non-hydrogen) atoms. The second kappa shape index (κ2) is 5.95. The molecule has 1 atom stereocenters. The quantitative estimate of drug-likeness (QED) is 0.855. The van der Waals surface area contributed by atoms with Crippen molar-refractivity contribution >= 4 is 0 Å². The summed E-state index contributed by atoms with van der Waals surface area (Å²) in [7, 11) is 0. The number of nitrogens with one attached hydrogen (secondary N) is 2. The maximum atomic E-state index is 5.36. The molecule has 0 saturated carbocycles. The van der Waals surface area contributed by atoms with Crippen molar-refractivity contribution < 1.29 is 4.74 Å². The highest BCUT2D eigenvalue weighted by molar-refractivity contribution is 5.60. The Kier molecular flexibility index (Phi) is 3.86. The second-order valence-electron chi connectivity index (χ2n) is 4.85. The molecule has 0 bridgehead atoms. The third-order valence-electron chi connectivity index (χ3n) is 3.42. The van der Waals surface area contributed by atoms with Gasteiger partial charge >= 0.3 is 0 Å². The average molecular weight is 258 g/mol. The maximum absolute atomic E-state index is 5.36. The van der Waals surface area contributed by atoms with Crippen molar-refractivity contribution in [2.75, 3.05) is 19.8 Å². The molecule has 1 aromatic carbocycles. The topological polar surface area (TPSA) is 62.8 Å². The van der Waals surface area contributed by atoms with Gasteiger partial charge < -0.3 is 10.1 Å². The van der Waals surface area contributed by atoms with Crippen LogP contribution in [0, 0.1) is 5.92 Å². The Balaban J connectivity index is 1.61. The summed E-state index contributed by atoms with van der Waals surface area (Å²) in [5.74, 6) is 0.632. The first-order chi connectivity index (χ1) is 9.43. The number of ether oxygens (including phenoxy) is 1. The van der Waals surface area contributed by atoms with Gasteiger partial charge in [0.05, 0.1) is 6.61 Å². The van der Waals surface area contributed by atoms with E-state index in [9.17, 15) is 0 Å². The van der Waals surface area contributed by atoms with Crippen LogP contribution in [-0.2, 0) is 11.3 Å². The number of benzene rings is 1. The molecule has 2 aromatic rings. The van der Waals surface area contributed by atoms with E-state index >= 15 is 0 Å². The largest absolute Gasteiger partial charge is 0.381 e. The fourth-order valence-corrected chi connectivity index (χ4v) is 2.34. The minimum absolute atomic E-state index is 0.632. The molecule has 2 heterocycles. The van der Waals surface area contributed by atoms with Gasteiger partial charge in [0, 0.05) is 25.3 Å². The fraction of sp³-hybridized carbons (Fsp3) is 0.429. The molecular weight excluding hydrogens is 240 g/mol. The molecule has 5 nitrogen and oxygen atoms in total. The van der Waals surface area contributed by atoms with E-state index in [1.165, 1.54) is 0 Å². The summed E-state index contributed by atoms with van der Waals surface area (Å²) >= 11 is 0. The van der Waals surface area contributed by atoms with Crippen LogP contribution >= 0.6 is 0 Å². The molecule has 1 saturated heterocycles. The molecule has 0 radical (unpaired) electrons. The zero-order chi connectivity index (χ0) is 12.9. The number of H-pyrrole nitrogens is 1. The van der Waals surface area contributed by atoms with Gasteiger partial charge in [-0.3, -0.25) is 0 Å². The summed E-state index contributed by atoms with van der Waals surface area (Å²) in [6, 6.07) is 10.1. The summed E-state index contributed by atoms with van der Waals surface area (Å²) in [6.07, 6.45) is 1.15. The van der Waals surface area contributed by atoms with E-state index in [1.807, 2.05) is 30.3 Å². The highest BCUT2D eigenvalue weighted by atomic mass is 16.5. The smallest absolute Gasteiger partial charge is 0.117 e. The van der Waals surface area contributed by atoms with Gasteiger partial charge in [-0.05, 0) is 12.3 Å². The fourth-order valence-electron chi connectivity index (χ4n) is 2.34. The molecule has 3 rings (SSSR count). The van der Waals surface area contributed by atoms with Crippen molar-refractivity contribution in [2.45, 2.75) is 13.0 Å². The van der Waals surface area contributed by atoms with E-state index in [1.54, 1.807) is 0 Å². The lowest BCUT2D eigenvalue weighted by Crippen LogP contribution is -2.23. The van der Waals surface area contributed by atoms with E-state index in [-0.39, 0.29) is 0 Å². The predicted octanol–water partition coefficient (Wildman–Crippen LogP) is 1.60. The Morgan fingerprint density at radius 3 is 2.95 bits per heavy atom. The lowest BCUT2D eigenvalue weighted by Gasteiger charge is -2.08. The van der Waals surface area contributed by atoms with Crippen molar-refractivity contribution in [1.82, 2.24) is 20.7 Å². The summed E-state index contributed by atoms with van der Waals surface area (Å²) < 4.78 is 5.36. The molecule has 100 valence electrons. The Labute approximate surface area is 112 Å². The zero-order valence-corrected chi connectivity index (χ0v) is 10.8. The second-order valence-corrected chi connectivity index (χ2v) is 4.85. The number of aromatic amines is 1. The Morgan fingerprint density at radius 2 is 2.16 bits per heavy atom. The molecule has 1 aliphatic rings. The third kappa shape index (κ3) is 3.00. The van der Waals surface area contributed by atoms with E-state index in [0.717, 1.165) is 49.7 Å². The van der Waals surface area contributed by atoms with Crippen molar-refractivity contribution in [2.24, 2.45) is 5.92 Å². The van der Waals surface area contributed by atoms with Crippen LogP contribution < -0.4 is 5.32 Å². The normalized spacial score (nSPS) is 18.8.